The zero-order chi connectivity index (χ0) is 26.6. The number of ether oxygens (including phenoxy) is 3. The Morgan fingerprint density at radius 3 is 2.78 bits per heavy atom. The van der Waals surface area contributed by atoms with Gasteiger partial charge in [0.2, 0.25) is 0 Å². The second-order valence-electron chi connectivity index (χ2n) is 9.75. The maximum Gasteiger partial charge on any atom is 0.406 e. The van der Waals surface area contributed by atoms with Crippen LogP contribution in [-0.2, 0) is 14.2 Å². The number of methoxy groups -OCH3 is 1. The lowest BCUT2D eigenvalue weighted by Crippen LogP contribution is -2.50. The van der Waals surface area contributed by atoms with E-state index in [1.165, 1.54) is 19.2 Å². The Labute approximate surface area is 223 Å². The first-order valence-corrected chi connectivity index (χ1v) is 13.4. The number of carbonyl (C=O) groups is 2. The van der Waals surface area contributed by atoms with E-state index in [0.29, 0.717) is 31.1 Å². The Hall–Kier alpha value is -2.14. The first-order chi connectivity index (χ1) is 17.9. The molecule has 2 aliphatic rings. The molecule has 1 aromatic carbocycles. The van der Waals surface area contributed by atoms with Crippen LogP contribution in [0.15, 0.2) is 18.2 Å². The zero-order valence-corrected chi connectivity index (χ0v) is 22.5. The molecule has 1 aromatic rings. The summed E-state index contributed by atoms with van der Waals surface area (Å²) in [5.74, 6) is -0.00205. The van der Waals surface area contributed by atoms with Crippen molar-refractivity contribution in [3.05, 3.63) is 34.6 Å². The predicted molar refractivity (Wildman–Crippen MR) is 139 cm³/mol. The number of benzene rings is 1. The average molecular weight is 543 g/mol. The topological polar surface area (TPSA) is 101 Å². The van der Waals surface area contributed by atoms with E-state index in [2.05, 4.69) is 20.7 Å². The van der Waals surface area contributed by atoms with Crippen molar-refractivity contribution < 1.29 is 28.2 Å². The largest absolute Gasteiger partial charge is 0.453 e. The third-order valence-corrected chi connectivity index (χ3v) is 7.24. The van der Waals surface area contributed by atoms with Gasteiger partial charge in [0.25, 0.3) is 0 Å². The third kappa shape index (κ3) is 9.59. The minimum atomic E-state index is -0.551. The molecule has 3 rings (SSSR count). The molecule has 2 fully saturated rings. The van der Waals surface area contributed by atoms with E-state index >= 15 is 0 Å². The fourth-order valence-corrected chi connectivity index (χ4v) is 5.35. The van der Waals surface area contributed by atoms with Crippen LogP contribution in [0.4, 0.5) is 14.0 Å². The number of amides is 3. The van der Waals surface area contributed by atoms with Crippen LogP contribution in [-0.4, -0.2) is 83.2 Å². The summed E-state index contributed by atoms with van der Waals surface area (Å²) < 4.78 is 30.5. The molecule has 11 heteroatoms. The molecule has 3 N–H and O–H groups in total. The van der Waals surface area contributed by atoms with Gasteiger partial charge in [-0.1, -0.05) is 11.6 Å². The smallest absolute Gasteiger partial charge is 0.406 e. The Morgan fingerprint density at radius 1 is 1.24 bits per heavy atom. The molecule has 0 radical (unpaired) electrons. The normalized spacial score (nSPS) is 21.7. The molecule has 0 bridgehead atoms. The molecule has 3 amide bonds. The number of piperidine rings is 1. The lowest BCUT2D eigenvalue weighted by molar-refractivity contribution is -0.00866. The number of nitrogens with zero attached hydrogens (tertiary/aromatic N) is 1. The highest BCUT2D eigenvalue weighted by molar-refractivity contribution is 6.30. The van der Waals surface area contributed by atoms with E-state index in [1.807, 2.05) is 7.05 Å². The molecule has 0 spiro atoms. The first-order valence-electron chi connectivity index (χ1n) is 13.1. The van der Waals surface area contributed by atoms with E-state index in [-0.39, 0.29) is 36.2 Å². The van der Waals surface area contributed by atoms with E-state index in [1.54, 1.807) is 11.0 Å². The predicted octanol–water partition coefficient (Wildman–Crippen LogP) is 3.72. The Kier molecular flexibility index (Phi) is 12.2. The van der Waals surface area contributed by atoms with Crippen molar-refractivity contribution in [3.63, 3.8) is 0 Å². The van der Waals surface area contributed by atoms with Gasteiger partial charge in [-0.15, -0.1) is 0 Å². The minimum Gasteiger partial charge on any atom is -0.453 e. The van der Waals surface area contributed by atoms with Crippen molar-refractivity contribution >= 4 is 23.7 Å². The molecular weight excluding hydrogens is 503 g/mol. The molecule has 2 aliphatic heterocycles. The van der Waals surface area contributed by atoms with Crippen molar-refractivity contribution in [2.24, 2.45) is 11.8 Å². The summed E-state index contributed by atoms with van der Waals surface area (Å²) in [5, 5.41) is 9.25. The third-order valence-electron chi connectivity index (χ3n) is 7.02. The van der Waals surface area contributed by atoms with Gasteiger partial charge in [-0.2, -0.15) is 0 Å². The highest BCUT2D eigenvalue weighted by Gasteiger charge is 2.32. The standard InChI is InChI=1S/C26H40ClFN4O5/c1-29-23(11-18-5-4-9-36-17-18)15-31-25(33)32-8-3-6-19(16-32)24(37-10-7-30-26(34)35-2)20-12-21(27)14-22(28)13-20/h12-14,18-19,23-24,29H,3-11,15-17H2,1-2H3,(H,30,34)(H,31,33)/t18-,19-,23-,24?/m1/s1. The number of urea groups is 1. The van der Waals surface area contributed by atoms with Crippen molar-refractivity contribution in [1.29, 1.82) is 0 Å². The van der Waals surface area contributed by atoms with Crippen LogP contribution in [0, 0.1) is 17.7 Å². The Morgan fingerprint density at radius 2 is 2.08 bits per heavy atom. The van der Waals surface area contributed by atoms with Gasteiger partial charge in [0.05, 0.1) is 19.8 Å². The van der Waals surface area contributed by atoms with Gasteiger partial charge >= 0.3 is 12.1 Å². The highest BCUT2D eigenvalue weighted by atomic mass is 35.5. The van der Waals surface area contributed by atoms with E-state index in [4.69, 9.17) is 21.1 Å². The maximum atomic E-state index is 14.2. The molecule has 4 atom stereocenters. The summed E-state index contributed by atoms with van der Waals surface area (Å²) in [7, 11) is 3.21. The first kappa shape index (κ1) is 29.4. The lowest BCUT2D eigenvalue weighted by Gasteiger charge is -2.37. The summed E-state index contributed by atoms with van der Waals surface area (Å²) in [6, 6.07) is 4.40. The van der Waals surface area contributed by atoms with Crippen LogP contribution in [0.2, 0.25) is 5.02 Å². The average Bonchev–Trinajstić information content (AvgIpc) is 2.90. The van der Waals surface area contributed by atoms with E-state index < -0.39 is 18.0 Å². The van der Waals surface area contributed by atoms with Gasteiger partial charge in [-0.05, 0) is 68.8 Å². The molecule has 0 saturated carbocycles. The van der Waals surface area contributed by atoms with Gasteiger partial charge in [-0.25, -0.2) is 14.0 Å². The van der Waals surface area contributed by atoms with Crippen LogP contribution in [0.3, 0.4) is 0 Å². The van der Waals surface area contributed by atoms with Crippen molar-refractivity contribution in [2.75, 3.05) is 60.2 Å². The fourth-order valence-electron chi connectivity index (χ4n) is 5.12. The van der Waals surface area contributed by atoms with Crippen LogP contribution in [0.1, 0.15) is 43.8 Å². The van der Waals surface area contributed by atoms with Crippen molar-refractivity contribution in [3.8, 4) is 0 Å². The molecular formula is C26H40ClFN4O5. The van der Waals surface area contributed by atoms with Crippen LogP contribution in [0.25, 0.3) is 0 Å². The zero-order valence-electron chi connectivity index (χ0n) is 21.8. The van der Waals surface area contributed by atoms with Crippen molar-refractivity contribution in [2.45, 2.75) is 44.2 Å². The van der Waals surface area contributed by atoms with Crippen LogP contribution in [0.5, 0.6) is 0 Å². The maximum absolute atomic E-state index is 14.2. The van der Waals surface area contributed by atoms with Gasteiger partial charge in [0, 0.05) is 56.4 Å². The SMILES string of the molecule is CN[C@@H](CNC(=O)N1CCC[C@@H](C(OCCNC(=O)OC)c2cc(F)cc(Cl)c2)C1)C[C@H]1CCCOC1. The number of nitrogens with one attached hydrogen (secondary N) is 3. The van der Waals surface area contributed by atoms with Gasteiger partial charge < -0.3 is 35.1 Å². The molecule has 0 aliphatic carbocycles. The number of likely N-dealkylation sites (N-methyl/N-ethyl adjacent to an activating group) is 1. The van der Waals surface area contributed by atoms with Gasteiger partial charge in [-0.3, -0.25) is 0 Å². The monoisotopic (exact) mass is 542 g/mol. The molecule has 0 aromatic heterocycles. The van der Waals surface area contributed by atoms with Gasteiger partial charge in [0.15, 0.2) is 0 Å². The number of hydrogen-bond donors (Lipinski definition) is 3. The van der Waals surface area contributed by atoms with Gasteiger partial charge in [0.1, 0.15) is 5.82 Å². The molecule has 37 heavy (non-hydrogen) atoms. The second-order valence-corrected chi connectivity index (χ2v) is 10.2. The van der Waals surface area contributed by atoms with Crippen molar-refractivity contribution in [1.82, 2.24) is 20.9 Å². The summed E-state index contributed by atoms with van der Waals surface area (Å²) in [4.78, 5) is 26.2. The Balaban J connectivity index is 1.59. The lowest BCUT2D eigenvalue weighted by atomic mass is 9.88. The van der Waals surface area contributed by atoms with E-state index in [9.17, 15) is 14.0 Å². The second kappa shape index (κ2) is 15.3. The quantitative estimate of drug-likeness (QED) is 0.368. The number of rotatable bonds is 11. The number of hydrogen-bond acceptors (Lipinski definition) is 6. The van der Waals surface area contributed by atoms with Crippen LogP contribution >= 0.6 is 11.6 Å². The van der Waals surface area contributed by atoms with Crippen LogP contribution < -0.4 is 16.0 Å². The molecule has 2 saturated heterocycles. The van der Waals surface area contributed by atoms with E-state index in [0.717, 1.165) is 45.3 Å². The summed E-state index contributed by atoms with van der Waals surface area (Å²) >= 11 is 6.13. The highest BCUT2D eigenvalue weighted by Crippen LogP contribution is 2.34. The number of halogens is 2. The Bertz CT molecular complexity index is 853. The number of alkyl carbamates (subject to hydrolysis) is 1. The summed E-state index contributed by atoms with van der Waals surface area (Å²) in [6.45, 7) is 3.69. The molecule has 208 valence electrons. The minimum absolute atomic E-state index is 0.0602. The molecule has 9 nitrogen and oxygen atoms in total. The number of carbonyl (C=O) groups excluding carboxylic acids is 2. The fraction of sp³-hybridized carbons (Fsp3) is 0.692. The summed E-state index contributed by atoms with van der Waals surface area (Å²) in [6.07, 6.45) is 3.77. The summed E-state index contributed by atoms with van der Waals surface area (Å²) in [5.41, 5.74) is 0.611. The molecule has 1 unspecified atom stereocenters. The molecule has 2 heterocycles. The number of likely N-dealkylation sites (tertiary alicyclic amines) is 1.